The molecule has 0 aliphatic carbocycles. The Balaban J connectivity index is 2.22. The van der Waals surface area contributed by atoms with Crippen LogP contribution in [0.15, 0.2) is 47.1 Å². The molecule has 2 rings (SSSR count). The van der Waals surface area contributed by atoms with Crippen molar-refractivity contribution in [2.24, 2.45) is 0 Å². The predicted octanol–water partition coefficient (Wildman–Crippen LogP) is 4.41. The molecule has 94 valence electrons. The zero-order valence-corrected chi connectivity index (χ0v) is 10.5. The Morgan fingerprint density at radius 1 is 1.00 bits per heavy atom. The van der Waals surface area contributed by atoms with Crippen LogP contribution >= 0.6 is 15.9 Å². The van der Waals surface area contributed by atoms with Gasteiger partial charge in [0.25, 0.3) is 0 Å². The highest BCUT2D eigenvalue weighted by atomic mass is 79.9. The first kappa shape index (κ1) is 12.9. The fourth-order valence-electron chi connectivity index (χ4n) is 1.40. The number of hydrogen-bond acceptors (Lipinski definition) is 2. The van der Waals surface area contributed by atoms with Gasteiger partial charge in [-0.25, -0.2) is 4.98 Å². The van der Waals surface area contributed by atoms with Crippen LogP contribution in [0.5, 0.6) is 5.75 Å². The van der Waals surface area contributed by atoms with E-state index < -0.39 is 6.36 Å². The van der Waals surface area contributed by atoms with Crippen LogP contribution in [0.25, 0.3) is 11.3 Å². The van der Waals surface area contributed by atoms with Crippen LogP contribution in [0.4, 0.5) is 13.2 Å². The van der Waals surface area contributed by atoms with Crippen LogP contribution in [-0.4, -0.2) is 11.3 Å². The van der Waals surface area contributed by atoms with Gasteiger partial charge in [-0.05, 0) is 52.3 Å². The zero-order valence-electron chi connectivity index (χ0n) is 8.91. The van der Waals surface area contributed by atoms with Crippen molar-refractivity contribution in [1.82, 2.24) is 4.98 Å². The minimum Gasteiger partial charge on any atom is -0.406 e. The summed E-state index contributed by atoms with van der Waals surface area (Å²) in [5.41, 5.74) is 1.38. The van der Waals surface area contributed by atoms with Crippen LogP contribution in [0, 0.1) is 0 Å². The van der Waals surface area contributed by atoms with Gasteiger partial charge in [-0.2, -0.15) is 0 Å². The highest BCUT2D eigenvalue weighted by Gasteiger charge is 2.30. The third-order valence-corrected chi connectivity index (χ3v) is 2.54. The number of rotatable bonds is 2. The second-order valence-corrected chi connectivity index (χ2v) is 4.23. The maximum absolute atomic E-state index is 12.0. The fourth-order valence-corrected chi connectivity index (χ4v) is 1.74. The lowest BCUT2D eigenvalue weighted by Crippen LogP contribution is -2.16. The zero-order chi connectivity index (χ0) is 13.2. The maximum atomic E-state index is 12.0. The summed E-state index contributed by atoms with van der Waals surface area (Å²) in [5.74, 6) is -0.249. The number of aromatic nitrogens is 1. The largest absolute Gasteiger partial charge is 0.573 e. The van der Waals surface area contributed by atoms with Gasteiger partial charge in [0.15, 0.2) is 0 Å². The SMILES string of the molecule is FC(F)(F)Oc1ccc(-c2cccc(Br)n2)cc1. The highest BCUT2D eigenvalue weighted by Crippen LogP contribution is 2.26. The van der Waals surface area contributed by atoms with E-state index >= 15 is 0 Å². The standard InChI is InChI=1S/C12H7BrF3NO/c13-11-3-1-2-10(17-11)8-4-6-9(7-5-8)18-12(14,15)16/h1-7H. The Morgan fingerprint density at radius 2 is 1.67 bits per heavy atom. The fraction of sp³-hybridized carbons (Fsp3) is 0.0833. The summed E-state index contributed by atoms with van der Waals surface area (Å²) in [6, 6.07) is 10.9. The monoisotopic (exact) mass is 317 g/mol. The third-order valence-electron chi connectivity index (χ3n) is 2.10. The van der Waals surface area contributed by atoms with E-state index in [-0.39, 0.29) is 5.75 Å². The molecule has 0 bridgehead atoms. The van der Waals surface area contributed by atoms with Crippen LogP contribution < -0.4 is 4.74 Å². The Hall–Kier alpha value is -1.56. The van der Waals surface area contributed by atoms with Crippen LogP contribution in [-0.2, 0) is 0 Å². The summed E-state index contributed by atoms with van der Waals surface area (Å²) in [6.07, 6.45) is -4.67. The Morgan fingerprint density at radius 3 is 2.22 bits per heavy atom. The quantitative estimate of drug-likeness (QED) is 0.765. The second kappa shape index (κ2) is 4.97. The number of nitrogens with zero attached hydrogens (tertiary/aromatic N) is 1. The molecule has 1 aromatic carbocycles. The molecule has 18 heavy (non-hydrogen) atoms. The molecule has 6 heteroatoms. The van der Waals surface area contributed by atoms with Gasteiger partial charge in [0.2, 0.25) is 0 Å². The van der Waals surface area contributed by atoms with E-state index in [1.54, 1.807) is 18.2 Å². The van der Waals surface area contributed by atoms with E-state index in [4.69, 9.17) is 0 Å². The molecule has 0 saturated carbocycles. The van der Waals surface area contributed by atoms with Gasteiger partial charge in [-0.3, -0.25) is 0 Å². The molecule has 0 saturated heterocycles. The number of pyridine rings is 1. The Bertz CT molecular complexity index is 540. The first-order chi connectivity index (χ1) is 8.44. The summed E-state index contributed by atoms with van der Waals surface area (Å²) in [7, 11) is 0. The predicted molar refractivity (Wildman–Crippen MR) is 64.1 cm³/mol. The third kappa shape index (κ3) is 3.46. The van der Waals surface area contributed by atoms with Gasteiger partial charge in [0.05, 0.1) is 5.69 Å². The molecule has 0 aliphatic rings. The average Bonchev–Trinajstić information content (AvgIpc) is 2.28. The van der Waals surface area contributed by atoms with Crippen molar-refractivity contribution in [3.05, 3.63) is 47.1 Å². The molecule has 0 amide bonds. The lowest BCUT2D eigenvalue weighted by atomic mass is 10.1. The van der Waals surface area contributed by atoms with E-state index in [1.807, 2.05) is 0 Å². The number of ether oxygens (including phenoxy) is 1. The number of halogens is 4. The highest BCUT2D eigenvalue weighted by molar-refractivity contribution is 9.10. The van der Waals surface area contributed by atoms with E-state index in [0.29, 0.717) is 15.9 Å². The van der Waals surface area contributed by atoms with Crippen molar-refractivity contribution < 1.29 is 17.9 Å². The molecule has 2 nitrogen and oxygen atoms in total. The van der Waals surface area contributed by atoms with Crippen molar-refractivity contribution >= 4 is 15.9 Å². The van der Waals surface area contributed by atoms with Gasteiger partial charge in [0, 0.05) is 5.56 Å². The minimum absolute atomic E-state index is 0.249. The molecule has 0 spiro atoms. The number of alkyl halides is 3. The van der Waals surface area contributed by atoms with Crippen molar-refractivity contribution in [1.29, 1.82) is 0 Å². The Labute approximate surface area is 110 Å². The topological polar surface area (TPSA) is 22.1 Å². The molecule has 0 N–H and O–H groups in total. The molecule has 0 aliphatic heterocycles. The molecular formula is C12H7BrF3NO. The van der Waals surface area contributed by atoms with E-state index in [2.05, 4.69) is 25.7 Å². The molecule has 2 aromatic rings. The minimum atomic E-state index is -4.67. The van der Waals surface area contributed by atoms with Gasteiger partial charge in [-0.15, -0.1) is 13.2 Å². The molecule has 0 unspecified atom stereocenters. The van der Waals surface area contributed by atoms with Crippen molar-refractivity contribution in [2.45, 2.75) is 6.36 Å². The lowest BCUT2D eigenvalue weighted by molar-refractivity contribution is -0.274. The summed E-state index contributed by atoms with van der Waals surface area (Å²) in [5, 5.41) is 0. The molecule has 1 heterocycles. The van der Waals surface area contributed by atoms with E-state index in [1.165, 1.54) is 24.3 Å². The van der Waals surface area contributed by atoms with E-state index in [9.17, 15) is 13.2 Å². The first-order valence-electron chi connectivity index (χ1n) is 4.93. The Kier molecular flexibility index (Phi) is 3.56. The first-order valence-corrected chi connectivity index (χ1v) is 5.72. The van der Waals surface area contributed by atoms with Gasteiger partial charge in [0.1, 0.15) is 10.4 Å². The van der Waals surface area contributed by atoms with Gasteiger partial charge >= 0.3 is 6.36 Å². The van der Waals surface area contributed by atoms with Crippen molar-refractivity contribution in [3.63, 3.8) is 0 Å². The summed E-state index contributed by atoms with van der Waals surface area (Å²) in [4.78, 5) is 4.20. The molecular weight excluding hydrogens is 311 g/mol. The summed E-state index contributed by atoms with van der Waals surface area (Å²) >= 11 is 3.23. The summed E-state index contributed by atoms with van der Waals surface area (Å²) in [6.45, 7) is 0. The van der Waals surface area contributed by atoms with Gasteiger partial charge in [-0.1, -0.05) is 6.07 Å². The van der Waals surface area contributed by atoms with Gasteiger partial charge < -0.3 is 4.74 Å². The van der Waals surface area contributed by atoms with E-state index in [0.717, 1.165) is 0 Å². The smallest absolute Gasteiger partial charge is 0.406 e. The van der Waals surface area contributed by atoms with Crippen molar-refractivity contribution in [3.8, 4) is 17.0 Å². The molecule has 0 radical (unpaired) electrons. The van der Waals surface area contributed by atoms with Crippen LogP contribution in [0.1, 0.15) is 0 Å². The van der Waals surface area contributed by atoms with Crippen LogP contribution in [0.2, 0.25) is 0 Å². The number of benzene rings is 1. The second-order valence-electron chi connectivity index (χ2n) is 3.42. The molecule has 1 aromatic heterocycles. The van der Waals surface area contributed by atoms with Crippen LogP contribution in [0.3, 0.4) is 0 Å². The molecule has 0 atom stereocenters. The number of hydrogen-bond donors (Lipinski definition) is 0. The normalized spacial score (nSPS) is 11.3. The lowest BCUT2D eigenvalue weighted by Gasteiger charge is -2.09. The summed E-state index contributed by atoms with van der Waals surface area (Å²) < 4.78 is 40.4. The molecule has 0 fully saturated rings. The maximum Gasteiger partial charge on any atom is 0.573 e. The van der Waals surface area contributed by atoms with Crippen molar-refractivity contribution in [2.75, 3.05) is 0 Å². The average molecular weight is 318 g/mol.